The van der Waals surface area contributed by atoms with Crippen LogP contribution in [0.4, 0.5) is 16.3 Å². The Kier molecular flexibility index (Phi) is 9.64. The number of terminal acetylenes is 1. The van der Waals surface area contributed by atoms with Crippen molar-refractivity contribution in [2.45, 2.75) is 26.4 Å². The molecular weight excluding hydrogens is 510 g/mol. The number of carbonyl (C=O) groups excluding carboxylic acids is 1. The van der Waals surface area contributed by atoms with Gasteiger partial charge in [0.25, 0.3) is 0 Å². The minimum Gasteiger partial charge on any atom is -0.488 e. The Morgan fingerprint density at radius 2 is 1.77 bits per heavy atom. The monoisotopic (exact) mass is 547 g/mol. The maximum Gasteiger partial charge on any atom is 0.410 e. The summed E-state index contributed by atoms with van der Waals surface area (Å²) in [5.41, 5.74) is 1.80. The average Bonchev–Trinajstić information content (AvgIpc) is 2.93. The van der Waals surface area contributed by atoms with E-state index in [2.05, 4.69) is 26.1 Å². The van der Waals surface area contributed by atoms with Crippen LogP contribution in [0.15, 0.2) is 42.7 Å². The third-order valence-corrected chi connectivity index (χ3v) is 6.23. The van der Waals surface area contributed by atoms with E-state index in [0.29, 0.717) is 62.3 Å². The highest BCUT2D eigenvalue weighted by Crippen LogP contribution is 2.35. The predicted molar refractivity (Wildman–Crippen MR) is 154 cm³/mol. The molecule has 1 fully saturated rings. The molecule has 1 amide bonds. The molecule has 0 unspecified atom stereocenters. The van der Waals surface area contributed by atoms with Crippen molar-refractivity contribution in [1.29, 1.82) is 0 Å². The fraction of sp³-hybridized carbons (Fsp3) is 0.433. The summed E-state index contributed by atoms with van der Waals surface area (Å²) >= 11 is 0. The maximum absolute atomic E-state index is 12.4. The fourth-order valence-corrected chi connectivity index (χ4v) is 4.21. The van der Waals surface area contributed by atoms with Gasteiger partial charge in [0.15, 0.2) is 11.5 Å². The molecule has 0 bridgehead atoms. The Bertz CT molecular complexity index is 1340. The molecule has 10 nitrogen and oxygen atoms in total. The number of hydrogen-bond donors (Lipinski definition) is 1. The van der Waals surface area contributed by atoms with Gasteiger partial charge in [-0.3, -0.25) is 4.90 Å². The van der Waals surface area contributed by atoms with Crippen LogP contribution >= 0.6 is 0 Å². The van der Waals surface area contributed by atoms with Crippen LogP contribution < -0.4 is 14.8 Å². The van der Waals surface area contributed by atoms with Crippen molar-refractivity contribution in [3.8, 4) is 23.8 Å². The minimum absolute atomic E-state index is 0.268. The average molecular weight is 548 g/mol. The first-order valence-corrected chi connectivity index (χ1v) is 13.3. The normalized spacial score (nSPS) is 14.0. The van der Waals surface area contributed by atoms with E-state index in [4.69, 9.17) is 25.4 Å². The second-order valence-corrected chi connectivity index (χ2v) is 10.4. The molecular formula is C30H37N5O5. The van der Waals surface area contributed by atoms with Gasteiger partial charge in [-0.25, -0.2) is 14.8 Å². The number of nitrogens with zero attached hydrogens (tertiary/aromatic N) is 4. The molecule has 0 spiro atoms. The Labute approximate surface area is 235 Å². The number of piperazine rings is 1. The van der Waals surface area contributed by atoms with Gasteiger partial charge in [-0.1, -0.05) is 12.0 Å². The molecule has 0 radical (unpaired) electrons. The topological polar surface area (TPSA) is 98.3 Å². The number of ether oxygens (including phenoxy) is 4. The molecule has 0 aliphatic carbocycles. The third kappa shape index (κ3) is 7.97. The first-order valence-electron chi connectivity index (χ1n) is 13.3. The molecule has 10 heteroatoms. The zero-order valence-corrected chi connectivity index (χ0v) is 23.6. The van der Waals surface area contributed by atoms with Gasteiger partial charge in [-0.15, -0.1) is 6.42 Å². The number of fused-ring (bicyclic) bond motifs is 1. The largest absolute Gasteiger partial charge is 0.488 e. The highest BCUT2D eigenvalue weighted by Gasteiger charge is 2.25. The lowest BCUT2D eigenvalue weighted by Crippen LogP contribution is -2.50. The lowest BCUT2D eigenvalue weighted by Gasteiger charge is -2.35. The third-order valence-electron chi connectivity index (χ3n) is 6.23. The Balaban J connectivity index is 1.45. The summed E-state index contributed by atoms with van der Waals surface area (Å²) in [5, 5.41) is 4.13. The van der Waals surface area contributed by atoms with Crippen molar-refractivity contribution in [3.63, 3.8) is 0 Å². The van der Waals surface area contributed by atoms with Crippen LogP contribution in [0, 0.1) is 12.3 Å². The Hall–Kier alpha value is -4.07. The second-order valence-electron chi connectivity index (χ2n) is 10.4. The first kappa shape index (κ1) is 28.9. The SMILES string of the molecule is C#Cc1cccc(Nc2ncnc3cc(OCCOC)c(OCCN4CCN(C(=O)OC(C)(C)C)CC4)cc23)c1. The zero-order valence-electron chi connectivity index (χ0n) is 23.6. The van der Waals surface area contributed by atoms with Gasteiger partial charge in [0, 0.05) is 62.5 Å². The molecule has 1 aliphatic rings. The van der Waals surface area contributed by atoms with Crippen LogP contribution in [0.25, 0.3) is 10.9 Å². The molecule has 1 saturated heterocycles. The first-order chi connectivity index (χ1) is 19.3. The lowest BCUT2D eigenvalue weighted by atomic mass is 10.2. The van der Waals surface area contributed by atoms with Crippen molar-refractivity contribution in [2.75, 3.05) is 65.0 Å². The molecule has 40 heavy (non-hydrogen) atoms. The summed E-state index contributed by atoms with van der Waals surface area (Å²) in [4.78, 5) is 25.3. The van der Waals surface area contributed by atoms with Crippen LogP contribution in [0.3, 0.4) is 0 Å². The zero-order chi connectivity index (χ0) is 28.5. The molecule has 1 aliphatic heterocycles. The highest BCUT2D eigenvalue weighted by atomic mass is 16.6. The standard InChI is InChI=1S/C30H37N5O5/c1-6-22-8-7-9-23(18-22)33-28-24-19-26(27(39-17-16-37-5)20-25(24)31-21-32-28)38-15-14-34-10-12-35(13-11-34)29(36)40-30(2,3)4/h1,7-9,18-21H,10-17H2,2-5H3,(H,31,32,33). The summed E-state index contributed by atoms with van der Waals surface area (Å²) in [7, 11) is 1.63. The van der Waals surface area contributed by atoms with E-state index in [1.165, 1.54) is 6.33 Å². The number of nitrogens with one attached hydrogen (secondary N) is 1. The van der Waals surface area contributed by atoms with Crippen molar-refractivity contribution in [2.24, 2.45) is 0 Å². The van der Waals surface area contributed by atoms with Crippen LogP contribution in [0.2, 0.25) is 0 Å². The van der Waals surface area contributed by atoms with Gasteiger partial charge >= 0.3 is 6.09 Å². The summed E-state index contributed by atoms with van der Waals surface area (Å²) in [6.45, 7) is 10.3. The van der Waals surface area contributed by atoms with E-state index in [0.717, 1.165) is 29.7 Å². The van der Waals surface area contributed by atoms with E-state index in [9.17, 15) is 4.79 Å². The van der Waals surface area contributed by atoms with Crippen molar-refractivity contribution in [3.05, 3.63) is 48.3 Å². The van der Waals surface area contributed by atoms with Crippen LogP contribution in [-0.4, -0.2) is 91.1 Å². The number of aromatic nitrogens is 2. The van der Waals surface area contributed by atoms with Gasteiger partial charge in [0.1, 0.15) is 31.0 Å². The fourth-order valence-electron chi connectivity index (χ4n) is 4.21. The highest BCUT2D eigenvalue weighted by molar-refractivity contribution is 5.93. The molecule has 0 atom stereocenters. The summed E-state index contributed by atoms with van der Waals surface area (Å²) in [6, 6.07) is 11.3. The minimum atomic E-state index is -0.503. The van der Waals surface area contributed by atoms with Gasteiger partial charge in [-0.05, 0) is 45.0 Å². The summed E-state index contributed by atoms with van der Waals surface area (Å²) < 4.78 is 22.9. The molecule has 2 heterocycles. The number of rotatable bonds is 10. The van der Waals surface area contributed by atoms with Gasteiger partial charge < -0.3 is 29.2 Å². The van der Waals surface area contributed by atoms with Gasteiger partial charge in [0.05, 0.1) is 12.1 Å². The lowest BCUT2D eigenvalue weighted by molar-refractivity contribution is 0.0136. The smallest absolute Gasteiger partial charge is 0.410 e. The predicted octanol–water partition coefficient (Wildman–Crippen LogP) is 4.31. The van der Waals surface area contributed by atoms with E-state index in [-0.39, 0.29) is 6.09 Å². The van der Waals surface area contributed by atoms with Crippen LogP contribution in [0.1, 0.15) is 26.3 Å². The van der Waals surface area contributed by atoms with Crippen molar-refractivity contribution < 1.29 is 23.7 Å². The van der Waals surface area contributed by atoms with Crippen molar-refractivity contribution in [1.82, 2.24) is 19.8 Å². The number of methoxy groups -OCH3 is 1. The Morgan fingerprint density at radius 1 is 1.02 bits per heavy atom. The number of anilines is 2. The molecule has 1 N–H and O–H groups in total. The molecule has 4 rings (SSSR count). The van der Waals surface area contributed by atoms with E-state index >= 15 is 0 Å². The molecule has 3 aromatic rings. The van der Waals surface area contributed by atoms with Gasteiger partial charge in [-0.2, -0.15) is 0 Å². The quantitative estimate of drug-likeness (QED) is 0.294. The van der Waals surface area contributed by atoms with E-state index in [1.54, 1.807) is 12.0 Å². The number of amides is 1. The number of benzene rings is 2. The van der Waals surface area contributed by atoms with Crippen LogP contribution in [0.5, 0.6) is 11.5 Å². The van der Waals surface area contributed by atoms with Gasteiger partial charge in [0.2, 0.25) is 0 Å². The second kappa shape index (κ2) is 13.3. The summed E-state index contributed by atoms with van der Waals surface area (Å²) in [6.07, 6.45) is 6.80. The summed E-state index contributed by atoms with van der Waals surface area (Å²) in [5.74, 6) is 4.45. The van der Waals surface area contributed by atoms with E-state index < -0.39 is 5.60 Å². The maximum atomic E-state index is 12.4. The number of carbonyl (C=O) groups is 1. The molecule has 2 aromatic carbocycles. The molecule has 1 aromatic heterocycles. The number of hydrogen-bond acceptors (Lipinski definition) is 9. The van der Waals surface area contributed by atoms with E-state index in [1.807, 2.05) is 57.2 Å². The molecule has 0 saturated carbocycles. The molecule has 212 valence electrons. The van der Waals surface area contributed by atoms with Crippen LogP contribution in [-0.2, 0) is 9.47 Å². The van der Waals surface area contributed by atoms with Crippen molar-refractivity contribution >= 4 is 28.5 Å². The Morgan fingerprint density at radius 3 is 2.50 bits per heavy atom.